The zero-order chi connectivity index (χ0) is 17.7. The van der Waals surface area contributed by atoms with E-state index in [-0.39, 0.29) is 23.4 Å². The number of halogens is 3. The van der Waals surface area contributed by atoms with Crippen LogP contribution < -0.4 is 5.32 Å². The summed E-state index contributed by atoms with van der Waals surface area (Å²) < 4.78 is 0. The molecule has 1 aliphatic heterocycles. The number of anilines is 1. The number of allylic oxidation sites excluding steroid dienone is 2. The van der Waals surface area contributed by atoms with E-state index >= 15 is 0 Å². The van der Waals surface area contributed by atoms with Crippen molar-refractivity contribution in [3.8, 4) is 0 Å². The van der Waals surface area contributed by atoms with Gasteiger partial charge in [-0.25, -0.2) is 4.79 Å². The number of carboxylic acids is 1. The van der Waals surface area contributed by atoms with Gasteiger partial charge in [0.25, 0.3) is 0 Å². The SMILES string of the molecule is O=C(O)c1cc(Cl)c2c(c1)[C@@H]1C=CC[C@@H]1[C@H](c1c(Cl)cccc1Cl)N2. The molecule has 25 heavy (non-hydrogen) atoms. The third-order valence-corrected chi connectivity index (χ3v) is 5.94. The highest BCUT2D eigenvalue weighted by molar-refractivity contribution is 6.36. The minimum atomic E-state index is -0.987. The van der Waals surface area contributed by atoms with Crippen molar-refractivity contribution in [2.24, 2.45) is 5.92 Å². The Kier molecular flexibility index (Phi) is 4.19. The van der Waals surface area contributed by atoms with Crippen molar-refractivity contribution in [3.63, 3.8) is 0 Å². The predicted octanol–water partition coefficient (Wildman–Crippen LogP) is 6.17. The van der Waals surface area contributed by atoms with Gasteiger partial charge < -0.3 is 10.4 Å². The molecule has 0 spiro atoms. The van der Waals surface area contributed by atoms with Crippen LogP contribution in [-0.4, -0.2) is 11.1 Å². The van der Waals surface area contributed by atoms with Crippen molar-refractivity contribution in [2.45, 2.75) is 18.4 Å². The van der Waals surface area contributed by atoms with Crippen LogP contribution in [0.25, 0.3) is 0 Å². The lowest BCUT2D eigenvalue weighted by molar-refractivity contribution is 0.0696. The average Bonchev–Trinajstić information content (AvgIpc) is 3.05. The van der Waals surface area contributed by atoms with Crippen LogP contribution in [0.1, 0.15) is 39.9 Å². The van der Waals surface area contributed by atoms with E-state index in [9.17, 15) is 9.90 Å². The van der Waals surface area contributed by atoms with E-state index in [2.05, 4.69) is 17.5 Å². The fraction of sp³-hybridized carbons (Fsp3) is 0.211. The van der Waals surface area contributed by atoms with E-state index < -0.39 is 5.97 Å². The molecule has 6 heteroatoms. The summed E-state index contributed by atoms with van der Waals surface area (Å²) in [5.41, 5.74) is 2.70. The smallest absolute Gasteiger partial charge is 0.335 e. The summed E-state index contributed by atoms with van der Waals surface area (Å²) in [5.74, 6) is -0.713. The van der Waals surface area contributed by atoms with Crippen LogP contribution in [0.2, 0.25) is 15.1 Å². The number of aromatic carboxylic acids is 1. The van der Waals surface area contributed by atoms with Crippen molar-refractivity contribution in [2.75, 3.05) is 5.32 Å². The molecule has 4 rings (SSSR count). The Bertz CT molecular complexity index is 890. The Labute approximate surface area is 160 Å². The van der Waals surface area contributed by atoms with Crippen LogP contribution in [0.3, 0.4) is 0 Å². The minimum absolute atomic E-state index is 0.0744. The molecule has 0 bridgehead atoms. The van der Waals surface area contributed by atoms with Gasteiger partial charge in [-0.05, 0) is 42.2 Å². The topological polar surface area (TPSA) is 49.3 Å². The van der Waals surface area contributed by atoms with Crippen LogP contribution in [0, 0.1) is 5.92 Å². The minimum Gasteiger partial charge on any atom is -0.478 e. The quantitative estimate of drug-likeness (QED) is 0.599. The Hall–Kier alpha value is -1.68. The van der Waals surface area contributed by atoms with Crippen molar-refractivity contribution < 1.29 is 9.90 Å². The number of rotatable bonds is 2. The van der Waals surface area contributed by atoms with Crippen LogP contribution >= 0.6 is 34.8 Å². The summed E-state index contributed by atoms with van der Waals surface area (Å²) in [6.45, 7) is 0. The number of benzene rings is 2. The fourth-order valence-electron chi connectivity index (χ4n) is 3.87. The van der Waals surface area contributed by atoms with Crippen molar-refractivity contribution in [1.82, 2.24) is 0 Å². The molecule has 2 N–H and O–H groups in total. The van der Waals surface area contributed by atoms with Gasteiger partial charge in [-0.15, -0.1) is 0 Å². The molecule has 0 saturated carbocycles. The number of carboxylic acid groups (broad SMARTS) is 1. The Morgan fingerprint density at radius 3 is 2.52 bits per heavy atom. The number of nitrogens with one attached hydrogen (secondary N) is 1. The fourth-order valence-corrected chi connectivity index (χ4v) is 4.79. The standard InChI is InChI=1S/C19H14Cl3NO2/c20-13-5-2-6-14(21)16(13)18-11-4-1-3-10(11)12-7-9(19(24)25)8-15(22)17(12)23-18/h1-3,5-8,10-11,18,23H,4H2,(H,24,25)/t10-,11+,18-/m1/s1. The summed E-state index contributed by atoms with van der Waals surface area (Å²) in [7, 11) is 0. The first-order chi connectivity index (χ1) is 12.0. The molecule has 0 saturated heterocycles. The Morgan fingerprint density at radius 2 is 1.84 bits per heavy atom. The van der Waals surface area contributed by atoms with E-state index in [1.807, 2.05) is 18.2 Å². The lowest BCUT2D eigenvalue weighted by Gasteiger charge is -2.38. The van der Waals surface area contributed by atoms with E-state index in [1.54, 1.807) is 6.07 Å². The summed E-state index contributed by atoms with van der Waals surface area (Å²) in [4.78, 5) is 11.4. The van der Waals surface area contributed by atoms with Crippen LogP contribution in [-0.2, 0) is 0 Å². The summed E-state index contributed by atoms with van der Waals surface area (Å²) in [6, 6.07) is 8.55. The molecular formula is C19H14Cl3NO2. The van der Waals surface area contributed by atoms with Crippen LogP contribution in [0.4, 0.5) is 5.69 Å². The molecular weight excluding hydrogens is 381 g/mol. The first kappa shape index (κ1) is 16.8. The Balaban J connectivity index is 1.88. The average molecular weight is 395 g/mol. The largest absolute Gasteiger partial charge is 0.478 e. The molecule has 2 aromatic rings. The first-order valence-corrected chi connectivity index (χ1v) is 9.04. The van der Waals surface area contributed by atoms with Gasteiger partial charge in [-0.3, -0.25) is 0 Å². The van der Waals surface area contributed by atoms with Gasteiger partial charge >= 0.3 is 5.97 Å². The van der Waals surface area contributed by atoms with Gasteiger partial charge in [0, 0.05) is 21.5 Å². The second kappa shape index (κ2) is 6.24. The molecule has 2 aromatic carbocycles. The van der Waals surface area contributed by atoms with E-state index in [1.165, 1.54) is 6.07 Å². The van der Waals surface area contributed by atoms with Crippen molar-refractivity contribution >= 4 is 46.5 Å². The zero-order valence-corrected chi connectivity index (χ0v) is 15.2. The third-order valence-electron chi connectivity index (χ3n) is 4.98. The second-order valence-corrected chi connectivity index (χ2v) is 7.56. The van der Waals surface area contributed by atoms with Gasteiger partial charge in [-0.1, -0.05) is 53.0 Å². The maximum atomic E-state index is 11.4. The molecule has 2 aliphatic rings. The van der Waals surface area contributed by atoms with Gasteiger partial charge in [0.1, 0.15) is 0 Å². The number of hydrogen-bond donors (Lipinski definition) is 2. The molecule has 0 aromatic heterocycles. The molecule has 0 unspecified atom stereocenters. The molecule has 0 radical (unpaired) electrons. The molecule has 128 valence electrons. The molecule has 3 nitrogen and oxygen atoms in total. The third kappa shape index (κ3) is 2.71. The van der Waals surface area contributed by atoms with Crippen molar-refractivity contribution in [3.05, 3.63) is 74.2 Å². The highest BCUT2D eigenvalue weighted by Crippen LogP contribution is 2.53. The maximum absolute atomic E-state index is 11.4. The van der Waals surface area contributed by atoms with Crippen LogP contribution in [0.5, 0.6) is 0 Å². The monoisotopic (exact) mass is 393 g/mol. The number of hydrogen-bond acceptors (Lipinski definition) is 2. The predicted molar refractivity (Wildman–Crippen MR) is 101 cm³/mol. The first-order valence-electron chi connectivity index (χ1n) is 7.91. The lowest BCUT2D eigenvalue weighted by atomic mass is 9.76. The van der Waals surface area contributed by atoms with E-state index in [4.69, 9.17) is 34.8 Å². The van der Waals surface area contributed by atoms with E-state index in [0.717, 1.165) is 23.2 Å². The Morgan fingerprint density at radius 1 is 1.12 bits per heavy atom. The van der Waals surface area contributed by atoms with Crippen molar-refractivity contribution in [1.29, 1.82) is 0 Å². The summed E-state index contributed by atoms with van der Waals surface area (Å²) in [6.07, 6.45) is 5.09. The highest BCUT2D eigenvalue weighted by Gasteiger charge is 2.40. The normalized spacial score (nSPS) is 23.7. The summed E-state index contributed by atoms with van der Waals surface area (Å²) >= 11 is 19.3. The van der Waals surface area contributed by atoms with E-state index in [0.29, 0.717) is 15.1 Å². The molecule has 1 aliphatic carbocycles. The molecule has 0 amide bonds. The molecule has 3 atom stereocenters. The molecule has 0 fully saturated rings. The summed E-state index contributed by atoms with van der Waals surface area (Å²) in [5, 5.41) is 14.4. The van der Waals surface area contributed by atoms with Gasteiger partial charge in [0.15, 0.2) is 0 Å². The zero-order valence-electron chi connectivity index (χ0n) is 13.0. The van der Waals surface area contributed by atoms with Gasteiger partial charge in [0.2, 0.25) is 0 Å². The number of carbonyl (C=O) groups is 1. The second-order valence-electron chi connectivity index (χ2n) is 6.34. The maximum Gasteiger partial charge on any atom is 0.335 e. The number of fused-ring (bicyclic) bond motifs is 3. The highest BCUT2D eigenvalue weighted by atomic mass is 35.5. The molecule has 1 heterocycles. The van der Waals surface area contributed by atoms with Crippen LogP contribution in [0.15, 0.2) is 42.5 Å². The lowest BCUT2D eigenvalue weighted by Crippen LogP contribution is -2.30. The van der Waals surface area contributed by atoms with Gasteiger partial charge in [-0.2, -0.15) is 0 Å². The van der Waals surface area contributed by atoms with Gasteiger partial charge in [0.05, 0.1) is 22.3 Å².